The Morgan fingerprint density at radius 1 is 0.885 bits per heavy atom. The summed E-state index contributed by atoms with van der Waals surface area (Å²) in [6.45, 7) is 1.86. The van der Waals surface area contributed by atoms with E-state index in [1.165, 1.54) is 12.1 Å². The first-order valence-corrected chi connectivity index (χ1v) is 7.99. The smallest absolute Gasteiger partial charge is 0.322 e. The van der Waals surface area contributed by atoms with Gasteiger partial charge in [0.2, 0.25) is 0 Å². The number of anilines is 1. The van der Waals surface area contributed by atoms with E-state index in [-0.39, 0.29) is 5.91 Å². The van der Waals surface area contributed by atoms with Crippen molar-refractivity contribution in [1.29, 1.82) is 0 Å². The van der Waals surface area contributed by atoms with Crippen molar-refractivity contribution >= 4 is 11.6 Å². The third kappa shape index (κ3) is 3.94. The Morgan fingerprint density at radius 3 is 2.15 bits per heavy atom. The van der Waals surface area contributed by atoms with Crippen LogP contribution in [-0.2, 0) is 6.18 Å². The SMILES string of the molecule is Cc1ccc(-c2ccc(C(F)(F)F)cc2)c(C(=O)Nc2ccccc2)c1. The third-order valence-electron chi connectivity index (χ3n) is 3.97. The van der Waals surface area contributed by atoms with Gasteiger partial charge in [0.15, 0.2) is 0 Å². The van der Waals surface area contributed by atoms with Crippen molar-refractivity contribution in [1.82, 2.24) is 0 Å². The average Bonchev–Trinajstić information content (AvgIpc) is 2.62. The molecule has 0 fully saturated rings. The quantitative estimate of drug-likeness (QED) is 0.619. The van der Waals surface area contributed by atoms with Gasteiger partial charge in [-0.1, -0.05) is 48.0 Å². The minimum Gasteiger partial charge on any atom is -0.322 e. The molecule has 0 aliphatic carbocycles. The number of benzene rings is 3. The van der Waals surface area contributed by atoms with E-state index in [1.54, 1.807) is 24.3 Å². The van der Waals surface area contributed by atoms with Crippen molar-refractivity contribution in [2.45, 2.75) is 13.1 Å². The molecule has 0 atom stereocenters. The normalized spacial score (nSPS) is 11.2. The standard InChI is InChI=1S/C21H16F3NO/c1-14-7-12-18(15-8-10-16(11-9-15)21(22,23)24)19(13-14)20(26)25-17-5-3-2-4-6-17/h2-13H,1H3,(H,25,26). The van der Waals surface area contributed by atoms with Gasteiger partial charge in [-0.15, -0.1) is 0 Å². The molecule has 0 bridgehead atoms. The van der Waals surface area contributed by atoms with Crippen LogP contribution in [0.5, 0.6) is 0 Å². The summed E-state index contributed by atoms with van der Waals surface area (Å²) in [4.78, 5) is 12.7. The monoisotopic (exact) mass is 355 g/mol. The van der Waals surface area contributed by atoms with Crippen molar-refractivity contribution in [2.75, 3.05) is 5.32 Å². The molecule has 5 heteroatoms. The topological polar surface area (TPSA) is 29.1 Å². The van der Waals surface area contributed by atoms with Gasteiger partial charge in [-0.3, -0.25) is 4.79 Å². The zero-order chi connectivity index (χ0) is 18.7. The van der Waals surface area contributed by atoms with Gasteiger partial charge >= 0.3 is 6.18 Å². The van der Waals surface area contributed by atoms with Gasteiger partial charge in [-0.2, -0.15) is 13.2 Å². The summed E-state index contributed by atoms with van der Waals surface area (Å²) >= 11 is 0. The maximum atomic E-state index is 12.8. The van der Waals surface area contributed by atoms with Crippen LogP contribution in [0.1, 0.15) is 21.5 Å². The fourth-order valence-corrected chi connectivity index (χ4v) is 2.66. The summed E-state index contributed by atoms with van der Waals surface area (Å²) in [5.74, 6) is -0.310. The number of nitrogens with one attached hydrogen (secondary N) is 1. The minimum absolute atomic E-state index is 0.310. The lowest BCUT2D eigenvalue weighted by molar-refractivity contribution is -0.137. The number of aryl methyl sites for hydroxylation is 1. The lowest BCUT2D eigenvalue weighted by atomic mass is 9.96. The molecule has 0 saturated carbocycles. The van der Waals surface area contributed by atoms with Crippen LogP contribution < -0.4 is 5.32 Å². The molecule has 0 aromatic heterocycles. The van der Waals surface area contributed by atoms with Crippen molar-refractivity contribution < 1.29 is 18.0 Å². The van der Waals surface area contributed by atoms with Crippen molar-refractivity contribution in [3.05, 3.63) is 89.5 Å². The molecule has 0 aliphatic rings. The summed E-state index contributed by atoms with van der Waals surface area (Å²) in [7, 11) is 0. The number of carbonyl (C=O) groups is 1. The van der Waals surface area contributed by atoms with E-state index in [1.807, 2.05) is 31.2 Å². The van der Waals surface area contributed by atoms with Crippen LogP contribution in [-0.4, -0.2) is 5.91 Å². The molecule has 132 valence electrons. The van der Waals surface area contributed by atoms with Crippen LogP contribution in [0.2, 0.25) is 0 Å². The Kier molecular flexibility index (Phi) is 4.80. The minimum atomic E-state index is -4.39. The second-order valence-electron chi connectivity index (χ2n) is 5.94. The second kappa shape index (κ2) is 7.04. The Labute approximate surface area is 149 Å². The van der Waals surface area contributed by atoms with Crippen molar-refractivity contribution in [2.24, 2.45) is 0 Å². The van der Waals surface area contributed by atoms with Crippen LogP contribution in [0, 0.1) is 6.92 Å². The number of carbonyl (C=O) groups excluding carboxylic acids is 1. The molecule has 0 spiro atoms. The van der Waals surface area contributed by atoms with Crippen LogP contribution in [0.3, 0.4) is 0 Å². The zero-order valence-electron chi connectivity index (χ0n) is 14.0. The first kappa shape index (κ1) is 17.7. The molecule has 3 aromatic carbocycles. The summed E-state index contributed by atoms with van der Waals surface area (Å²) in [6.07, 6.45) is -4.39. The highest BCUT2D eigenvalue weighted by Gasteiger charge is 2.30. The highest BCUT2D eigenvalue weighted by molar-refractivity contribution is 6.08. The molecule has 1 amide bonds. The van der Waals surface area contributed by atoms with Gasteiger partial charge in [-0.05, 0) is 48.4 Å². The Balaban J connectivity index is 1.97. The number of halogens is 3. The van der Waals surface area contributed by atoms with Crippen molar-refractivity contribution in [3.63, 3.8) is 0 Å². The van der Waals surface area contributed by atoms with E-state index in [4.69, 9.17) is 0 Å². The predicted octanol–water partition coefficient (Wildman–Crippen LogP) is 5.93. The van der Waals surface area contributed by atoms with Crippen LogP contribution >= 0.6 is 0 Å². The fourth-order valence-electron chi connectivity index (χ4n) is 2.66. The first-order chi connectivity index (χ1) is 12.3. The molecule has 3 aromatic rings. The van der Waals surface area contributed by atoms with E-state index in [2.05, 4.69) is 5.32 Å². The molecule has 0 saturated heterocycles. The van der Waals surface area contributed by atoms with Gasteiger partial charge in [0, 0.05) is 11.3 Å². The number of hydrogen-bond donors (Lipinski definition) is 1. The maximum Gasteiger partial charge on any atom is 0.416 e. The Hall–Kier alpha value is -3.08. The summed E-state index contributed by atoms with van der Waals surface area (Å²) in [6, 6.07) is 19.1. The van der Waals surface area contributed by atoms with Crippen LogP contribution in [0.15, 0.2) is 72.8 Å². The average molecular weight is 355 g/mol. The summed E-state index contributed by atoms with van der Waals surface area (Å²) < 4.78 is 38.3. The Bertz CT molecular complexity index is 916. The molecule has 2 nitrogen and oxygen atoms in total. The second-order valence-corrected chi connectivity index (χ2v) is 5.94. The van der Waals surface area contributed by atoms with E-state index >= 15 is 0 Å². The Morgan fingerprint density at radius 2 is 1.54 bits per heavy atom. The highest BCUT2D eigenvalue weighted by atomic mass is 19.4. The number of para-hydroxylation sites is 1. The maximum absolute atomic E-state index is 12.8. The number of alkyl halides is 3. The first-order valence-electron chi connectivity index (χ1n) is 7.99. The number of hydrogen-bond acceptors (Lipinski definition) is 1. The summed E-state index contributed by atoms with van der Waals surface area (Å²) in [5, 5.41) is 2.81. The van der Waals surface area contributed by atoms with Gasteiger partial charge in [0.25, 0.3) is 5.91 Å². The molecule has 1 N–H and O–H groups in total. The zero-order valence-corrected chi connectivity index (χ0v) is 14.0. The van der Waals surface area contributed by atoms with Gasteiger partial charge < -0.3 is 5.32 Å². The molecular formula is C21H16F3NO. The molecule has 0 heterocycles. The van der Waals surface area contributed by atoms with E-state index in [9.17, 15) is 18.0 Å². The third-order valence-corrected chi connectivity index (χ3v) is 3.97. The molecular weight excluding hydrogens is 339 g/mol. The van der Waals surface area contributed by atoms with Gasteiger partial charge in [-0.25, -0.2) is 0 Å². The van der Waals surface area contributed by atoms with E-state index in [0.29, 0.717) is 22.4 Å². The van der Waals surface area contributed by atoms with Crippen LogP contribution in [0.25, 0.3) is 11.1 Å². The molecule has 0 aliphatic heterocycles. The fraction of sp³-hybridized carbons (Fsp3) is 0.0952. The van der Waals surface area contributed by atoms with Crippen LogP contribution in [0.4, 0.5) is 18.9 Å². The lowest BCUT2D eigenvalue weighted by Crippen LogP contribution is -2.13. The summed E-state index contributed by atoms with van der Waals surface area (Å²) in [5.41, 5.74) is 2.36. The molecule has 3 rings (SSSR count). The number of amides is 1. The lowest BCUT2D eigenvalue weighted by Gasteiger charge is -2.13. The van der Waals surface area contributed by atoms with Crippen molar-refractivity contribution in [3.8, 4) is 11.1 Å². The van der Waals surface area contributed by atoms with E-state index < -0.39 is 11.7 Å². The van der Waals surface area contributed by atoms with E-state index in [0.717, 1.165) is 17.7 Å². The number of rotatable bonds is 3. The van der Waals surface area contributed by atoms with Gasteiger partial charge in [0.05, 0.1) is 5.56 Å². The molecule has 0 radical (unpaired) electrons. The molecule has 0 unspecified atom stereocenters. The molecule has 26 heavy (non-hydrogen) atoms. The highest BCUT2D eigenvalue weighted by Crippen LogP contribution is 2.32. The largest absolute Gasteiger partial charge is 0.416 e. The van der Waals surface area contributed by atoms with Gasteiger partial charge in [0.1, 0.15) is 0 Å². The predicted molar refractivity (Wildman–Crippen MR) is 96.0 cm³/mol.